The van der Waals surface area contributed by atoms with Crippen molar-refractivity contribution >= 4 is 21.4 Å². The lowest BCUT2D eigenvalue weighted by Crippen LogP contribution is -2.34. The van der Waals surface area contributed by atoms with Crippen LogP contribution in [0.5, 0.6) is 5.75 Å². The summed E-state index contributed by atoms with van der Waals surface area (Å²) in [6.45, 7) is 0.133. The van der Waals surface area contributed by atoms with E-state index in [1.54, 1.807) is 24.3 Å². The van der Waals surface area contributed by atoms with E-state index < -0.39 is 15.9 Å². The fourth-order valence-electron chi connectivity index (χ4n) is 2.17. The van der Waals surface area contributed by atoms with Gasteiger partial charge in [-0.15, -0.1) is 0 Å². The van der Waals surface area contributed by atoms with Gasteiger partial charge in [0.15, 0.2) is 0 Å². The molecule has 1 aliphatic heterocycles. The van der Waals surface area contributed by atoms with E-state index in [0.717, 1.165) is 0 Å². The Hall–Kier alpha value is -0.780. The van der Waals surface area contributed by atoms with E-state index >= 15 is 0 Å². The molecule has 1 unspecified atom stereocenters. The molecular weight excluding hydrogens is 288 g/mol. The van der Waals surface area contributed by atoms with Gasteiger partial charge >= 0.3 is 0 Å². The van der Waals surface area contributed by atoms with Crippen LogP contribution in [-0.4, -0.2) is 37.7 Å². The second-order valence-corrected chi connectivity index (χ2v) is 7.51. The van der Waals surface area contributed by atoms with E-state index in [0.29, 0.717) is 23.6 Å². The van der Waals surface area contributed by atoms with Crippen LogP contribution < -0.4 is 4.74 Å². The maximum Gasteiger partial charge on any atom is 0.150 e. The van der Waals surface area contributed by atoms with Gasteiger partial charge in [-0.3, -0.25) is 0 Å². The van der Waals surface area contributed by atoms with Crippen molar-refractivity contribution in [1.29, 1.82) is 0 Å². The summed E-state index contributed by atoms with van der Waals surface area (Å²) < 4.78 is 28.1. The van der Waals surface area contributed by atoms with Gasteiger partial charge in [0.2, 0.25) is 0 Å². The number of sulfone groups is 1. The van der Waals surface area contributed by atoms with Crippen LogP contribution >= 0.6 is 11.6 Å². The van der Waals surface area contributed by atoms with Crippen molar-refractivity contribution in [2.75, 3.05) is 18.1 Å². The highest BCUT2D eigenvalue weighted by atomic mass is 35.5. The molecule has 1 atom stereocenters. The molecule has 0 aliphatic carbocycles. The molecule has 1 aromatic rings. The zero-order chi connectivity index (χ0) is 13.9. The van der Waals surface area contributed by atoms with Crippen LogP contribution in [0.2, 0.25) is 5.02 Å². The number of hydrogen-bond acceptors (Lipinski definition) is 4. The van der Waals surface area contributed by atoms with Crippen molar-refractivity contribution in [2.45, 2.75) is 18.9 Å². The van der Waals surface area contributed by atoms with Crippen LogP contribution in [0.15, 0.2) is 24.3 Å². The third-order valence-corrected chi connectivity index (χ3v) is 5.42. The van der Waals surface area contributed by atoms with Crippen LogP contribution in [0.3, 0.4) is 0 Å². The smallest absolute Gasteiger partial charge is 0.150 e. The second kappa shape index (κ2) is 6.11. The van der Waals surface area contributed by atoms with Crippen molar-refractivity contribution in [3.05, 3.63) is 29.3 Å². The van der Waals surface area contributed by atoms with Crippen molar-refractivity contribution in [3.8, 4) is 5.75 Å². The average molecular weight is 305 g/mol. The van der Waals surface area contributed by atoms with Gasteiger partial charge in [0.25, 0.3) is 0 Å². The maximum atomic E-state index is 11.3. The molecule has 1 aliphatic rings. The molecule has 6 heteroatoms. The maximum absolute atomic E-state index is 11.3. The summed E-state index contributed by atoms with van der Waals surface area (Å²) in [5.41, 5.74) is 0. The first-order valence-corrected chi connectivity index (χ1v) is 8.44. The molecule has 19 heavy (non-hydrogen) atoms. The molecule has 0 saturated carbocycles. The lowest BCUT2D eigenvalue weighted by atomic mass is 9.96. The summed E-state index contributed by atoms with van der Waals surface area (Å²) in [4.78, 5) is 0. The van der Waals surface area contributed by atoms with Gasteiger partial charge in [-0.1, -0.05) is 23.7 Å². The fourth-order valence-corrected chi connectivity index (χ4v) is 3.88. The van der Waals surface area contributed by atoms with E-state index in [-0.39, 0.29) is 24.0 Å². The second-order valence-electron chi connectivity index (χ2n) is 4.80. The number of para-hydroxylation sites is 1. The predicted molar refractivity (Wildman–Crippen MR) is 74.3 cm³/mol. The van der Waals surface area contributed by atoms with Crippen molar-refractivity contribution < 1.29 is 18.3 Å². The Morgan fingerprint density at radius 2 is 1.95 bits per heavy atom. The minimum atomic E-state index is -2.90. The van der Waals surface area contributed by atoms with Gasteiger partial charge in [-0.25, -0.2) is 8.42 Å². The molecule has 0 radical (unpaired) electrons. The number of aliphatic hydroxyl groups is 1. The summed E-state index contributed by atoms with van der Waals surface area (Å²) in [5, 5.41) is 10.5. The molecule has 106 valence electrons. The Morgan fingerprint density at radius 1 is 1.32 bits per heavy atom. The van der Waals surface area contributed by atoms with Gasteiger partial charge in [0, 0.05) is 0 Å². The molecule has 4 nitrogen and oxygen atoms in total. The van der Waals surface area contributed by atoms with Gasteiger partial charge in [0.05, 0.1) is 22.6 Å². The molecule has 1 heterocycles. The number of hydrogen-bond donors (Lipinski definition) is 1. The topological polar surface area (TPSA) is 63.6 Å². The first-order valence-electron chi connectivity index (χ1n) is 6.24. The summed E-state index contributed by atoms with van der Waals surface area (Å²) >= 11 is 5.94. The molecule has 0 spiro atoms. The Labute approximate surface area is 118 Å². The molecule has 0 bridgehead atoms. The van der Waals surface area contributed by atoms with Crippen LogP contribution in [0, 0.1) is 5.92 Å². The summed E-state index contributed by atoms with van der Waals surface area (Å²) in [6.07, 6.45) is 0.330. The number of aliphatic hydroxyl groups excluding tert-OH is 1. The normalized spacial score (nSPS) is 20.9. The molecule has 1 saturated heterocycles. The summed E-state index contributed by atoms with van der Waals surface area (Å²) in [5.74, 6) is 0.819. The predicted octanol–water partition coefficient (Wildman–Crippen LogP) is 1.90. The van der Waals surface area contributed by atoms with Crippen LogP contribution in [0.25, 0.3) is 0 Å². The third kappa shape index (κ3) is 4.09. The zero-order valence-electron chi connectivity index (χ0n) is 10.5. The molecule has 2 rings (SSSR count). The van der Waals surface area contributed by atoms with Crippen molar-refractivity contribution in [2.24, 2.45) is 5.92 Å². The monoisotopic (exact) mass is 304 g/mol. The van der Waals surface area contributed by atoms with E-state index in [2.05, 4.69) is 0 Å². The van der Waals surface area contributed by atoms with Crippen LogP contribution in [-0.2, 0) is 9.84 Å². The molecule has 1 N–H and O–H groups in total. The van der Waals surface area contributed by atoms with Gasteiger partial charge in [0.1, 0.15) is 22.2 Å². The van der Waals surface area contributed by atoms with E-state index in [1.807, 2.05) is 0 Å². The van der Waals surface area contributed by atoms with Gasteiger partial charge in [-0.05, 0) is 30.9 Å². The fraction of sp³-hybridized carbons (Fsp3) is 0.538. The average Bonchev–Trinajstić information content (AvgIpc) is 2.37. The quantitative estimate of drug-likeness (QED) is 0.923. The Morgan fingerprint density at radius 3 is 2.58 bits per heavy atom. The summed E-state index contributed by atoms with van der Waals surface area (Å²) in [6, 6.07) is 7.06. The van der Waals surface area contributed by atoms with E-state index in [1.165, 1.54) is 0 Å². The standard InChI is InChI=1S/C13H17ClO4S/c14-11-3-1-2-4-13(11)18-9-12(15)10-5-7-19(16,17)8-6-10/h1-4,10,12,15H,5-9H2. The number of ether oxygens (including phenoxy) is 1. The number of rotatable bonds is 4. The van der Waals surface area contributed by atoms with Crippen LogP contribution in [0.1, 0.15) is 12.8 Å². The van der Waals surface area contributed by atoms with Gasteiger partial charge < -0.3 is 9.84 Å². The van der Waals surface area contributed by atoms with Crippen molar-refractivity contribution in [1.82, 2.24) is 0 Å². The van der Waals surface area contributed by atoms with Crippen LogP contribution in [0.4, 0.5) is 0 Å². The Kier molecular flexibility index (Phi) is 4.71. The largest absolute Gasteiger partial charge is 0.489 e. The first kappa shape index (κ1) is 14.6. The van der Waals surface area contributed by atoms with Gasteiger partial charge in [-0.2, -0.15) is 0 Å². The molecule has 1 fully saturated rings. The van der Waals surface area contributed by atoms with E-state index in [4.69, 9.17) is 16.3 Å². The number of benzene rings is 1. The molecule has 0 amide bonds. The minimum Gasteiger partial charge on any atom is -0.489 e. The Balaban J connectivity index is 1.85. The summed E-state index contributed by atoms with van der Waals surface area (Å²) in [7, 11) is -2.90. The lowest BCUT2D eigenvalue weighted by Gasteiger charge is -2.26. The molecule has 0 aromatic heterocycles. The third-order valence-electron chi connectivity index (χ3n) is 3.39. The molecular formula is C13H17ClO4S. The SMILES string of the molecule is O=S1(=O)CCC(C(O)COc2ccccc2Cl)CC1. The first-order chi connectivity index (χ1) is 8.98. The van der Waals surface area contributed by atoms with Crippen molar-refractivity contribution in [3.63, 3.8) is 0 Å². The Bertz CT molecular complexity index is 515. The number of halogens is 1. The highest BCUT2D eigenvalue weighted by molar-refractivity contribution is 7.91. The van der Waals surface area contributed by atoms with E-state index in [9.17, 15) is 13.5 Å². The lowest BCUT2D eigenvalue weighted by molar-refractivity contribution is 0.0529. The minimum absolute atomic E-state index is 0.0222. The highest BCUT2D eigenvalue weighted by Crippen LogP contribution is 2.26. The highest BCUT2D eigenvalue weighted by Gasteiger charge is 2.28. The zero-order valence-corrected chi connectivity index (χ0v) is 12.0. The molecule has 1 aromatic carbocycles.